The number of hydrogen-bond donors (Lipinski definition) is 2. The van der Waals surface area contributed by atoms with Crippen LogP contribution in [0.2, 0.25) is 10.0 Å². The zero-order valence-corrected chi connectivity index (χ0v) is 10.8. The Balaban J connectivity index is 2.73. The predicted octanol–water partition coefficient (Wildman–Crippen LogP) is 2.77. The van der Waals surface area contributed by atoms with E-state index in [-0.39, 0.29) is 22.0 Å². The van der Waals surface area contributed by atoms with E-state index in [0.717, 1.165) is 0 Å². The maximum atomic E-state index is 11.2. The van der Waals surface area contributed by atoms with Crippen LogP contribution in [0.1, 0.15) is 16.1 Å². The second-order valence-corrected chi connectivity index (χ2v) is 4.53. The molecule has 0 saturated carbocycles. The average molecular weight is 286 g/mol. The largest absolute Gasteiger partial charge is 0.478 e. The van der Waals surface area contributed by atoms with Gasteiger partial charge in [0.1, 0.15) is 0 Å². The Hall–Kier alpha value is -1.72. The first-order chi connectivity index (χ1) is 8.40. The van der Waals surface area contributed by atoms with E-state index in [0.29, 0.717) is 10.7 Å². The van der Waals surface area contributed by atoms with Crippen LogP contribution < -0.4 is 5.73 Å². The number of anilines is 1. The maximum Gasteiger partial charge on any atom is 0.338 e. The second kappa shape index (κ2) is 4.51. The van der Waals surface area contributed by atoms with E-state index in [1.807, 2.05) is 0 Å². The predicted molar refractivity (Wildman–Crippen MR) is 69.7 cm³/mol. The van der Waals surface area contributed by atoms with E-state index < -0.39 is 5.97 Å². The minimum absolute atomic E-state index is 0.0285. The van der Waals surface area contributed by atoms with E-state index in [2.05, 4.69) is 5.10 Å². The number of hydrogen-bond acceptors (Lipinski definition) is 3. The molecule has 0 amide bonds. The Morgan fingerprint density at radius 1 is 1.39 bits per heavy atom. The summed E-state index contributed by atoms with van der Waals surface area (Å²) in [6.45, 7) is 1.71. The smallest absolute Gasteiger partial charge is 0.338 e. The molecule has 1 aromatic carbocycles. The van der Waals surface area contributed by atoms with Gasteiger partial charge in [-0.05, 0) is 19.1 Å². The van der Waals surface area contributed by atoms with Gasteiger partial charge in [0.15, 0.2) is 0 Å². The summed E-state index contributed by atoms with van der Waals surface area (Å²) < 4.78 is 1.34. The molecule has 2 rings (SSSR count). The summed E-state index contributed by atoms with van der Waals surface area (Å²) in [5.41, 5.74) is 6.65. The molecule has 0 fully saturated rings. The molecule has 0 bridgehead atoms. The van der Waals surface area contributed by atoms with E-state index in [1.165, 1.54) is 23.0 Å². The third kappa shape index (κ3) is 2.14. The average Bonchev–Trinajstić information content (AvgIpc) is 2.57. The van der Waals surface area contributed by atoms with Gasteiger partial charge in [-0.2, -0.15) is 5.10 Å². The quantitative estimate of drug-likeness (QED) is 0.832. The van der Waals surface area contributed by atoms with Crippen LogP contribution in [-0.2, 0) is 0 Å². The van der Waals surface area contributed by atoms with E-state index >= 15 is 0 Å². The number of aryl methyl sites for hydroxylation is 1. The van der Waals surface area contributed by atoms with Gasteiger partial charge in [0.25, 0.3) is 0 Å². The molecule has 18 heavy (non-hydrogen) atoms. The minimum atomic E-state index is -1.14. The molecule has 1 heterocycles. The van der Waals surface area contributed by atoms with Crippen LogP contribution in [0.5, 0.6) is 0 Å². The maximum absolute atomic E-state index is 11.2. The lowest BCUT2D eigenvalue weighted by molar-refractivity contribution is 0.0697. The van der Waals surface area contributed by atoms with Crippen molar-refractivity contribution in [1.29, 1.82) is 0 Å². The number of aromatic carboxylic acids is 1. The first-order valence-corrected chi connectivity index (χ1v) is 5.70. The van der Waals surface area contributed by atoms with Crippen molar-refractivity contribution in [1.82, 2.24) is 9.78 Å². The van der Waals surface area contributed by atoms with Crippen LogP contribution in [0.25, 0.3) is 5.69 Å². The molecule has 94 valence electrons. The van der Waals surface area contributed by atoms with Crippen LogP contribution in [0, 0.1) is 6.92 Å². The standard InChI is InChI=1S/C11H9Cl2N3O2/c1-5-9(13)4-16(15-5)10-7(11(17)18)2-6(14)3-8(10)12/h2-4H,14H2,1H3,(H,17,18). The van der Waals surface area contributed by atoms with Crippen LogP contribution >= 0.6 is 23.2 Å². The van der Waals surface area contributed by atoms with Crippen LogP contribution in [-0.4, -0.2) is 20.9 Å². The van der Waals surface area contributed by atoms with Crippen molar-refractivity contribution in [3.05, 3.63) is 39.6 Å². The first kappa shape index (κ1) is 12.7. The summed E-state index contributed by atoms with van der Waals surface area (Å²) in [5.74, 6) is -1.14. The number of carboxylic acid groups (broad SMARTS) is 1. The zero-order valence-electron chi connectivity index (χ0n) is 9.32. The number of carbonyl (C=O) groups is 1. The van der Waals surface area contributed by atoms with E-state index in [9.17, 15) is 4.79 Å². The molecule has 0 aliphatic heterocycles. The summed E-state index contributed by atoms with van der Waals surface area (Å²) >= 11 is 11.9. The Morgan fingerprint density at radius 2 is 2.06 bits per heavy atom. The molecule has 1 aromatic heterocycles. The summed E-state index contributed by atoms with van der Waals surface area (Å²) in [7, 11) is 0. The highest BCUT2D eigenvalue weighted by Gasteiger charge is 2.18. The summed E-state index contributed by atoms with van der Waals surface area (Å²) in [5, 5.41) is 13.9. The molecular weight excluding hydrogens is 277 g/mol. The molecule has 3 N–H and O–H groups in total. The molecule has 0 unspecified atom stereocenters. The van der Waals surface area contributed by atoms with Gasteiger partial charge in [-0.1, -0.05) is 23.2 Å². The number of halogens is 2. The van der Waals surface area contributed by atoms with Crippen molar-refractivity contribution in [3.8, 4) is 5.69 Å². The van der Waals surface area contributed by atoms with Gasteiger partial charge in [-0.15, -0.1) is 0 Å². The first-order valence-electron chi connectivity index (χ1n) is 4.94. The number of benzene rings is 1. The number of carboxylic acids is 1. The molecular formula is C11H9Cl2N3O2. The van der Waals surface area contributed by atoms with E-state index in [1.54, 1.807) is 6.92 Å². The fourth-order valence-corrected chi connectivity index (χ4v) is 2.01. The summed E-state index contributed by atoms with van der Waals surface area (Å²) in [6, 6.07) is 2.79. The van der Waals surface area contributed by atoms with Gasteiger partial charge in [0, 0.05) is 11.9 Å². The Bertz CT molecular complexity index is 618. The lowest BCUT2D eigenvalue weighted by atomic mass is 10.1. The lowest BCUT2D eigenvalue weighted by Crippen LogP contribution is -2.08. The van der Waals surface area contributed by atoms with Crippen LogP contribution in [0.15, 0.2) is 18.3 Å². The van der Waals surface area contributed by atoms with Gasteiger partial charge < -0.3 is 10.8 Å². The van der Waals surface area contributed by atoms with Gasteiger partial charge >= 0.3 is 5.97 Å². The SMILES string of the molecule is Cc1nn(-c2c(Cl)cc(N)cc2C(=O)O)cc1Cl. The summed E-state index contributed by atoms with van der Waals surface area (Å²) in [4.78, 5) is 11.2. The van der Waals surface area contributed by atoms with E-state index in [4.69, 9.17) is 34.0 Å². The molecule has 0 saturated heterocycles. The van der Waals surface area contributed by atoms with Crippen molar-refractivity contribution < 1.29 is 9.90 Å². The number of rotatable bonds is 2. The van der Waals surface area contributed by atoms with Gasteiger partial charge in [-0.3, -0.25) is 0 Å². The third-order valence-corrected chi connectivity index (χ3v) is 3.04. The van der Waals surface area contributed by atoms with Crippen LogP contribution in [0.3, 0.4) is 0 Å². The van der Waals surface area contributed by atoms with Crippen LogP contribution in [0.4, 0.5) is 5.69 Å². The topological polar surface area (TPSA) is 81.1 Å². The number of nitrogens with zero attached hydrogens (tertiary/aromatic N) is 2. The Labute approximate surface area is 113 Å². The lowest BCUT2D eigenvalue weighted by Gasteiger charge is -2.09. The van der Waals surface area contributed by atoms with Gasteiger partial charge in [0.05, 0.1) is 27.0 Å². The third-order valence-electron chi connectivity index (χ3n) is 2.38. The monoisotopic (exact) mass is 285 g/mol. The molecule has 7 heteroatoms. The minimum Gasteiger partial charge on any atom is -0.478 e. The highest BCUT2D eigenvalue weighted by molar-refractivity contribution is 6.33. The van der Waals surface area contributed by atoms with Crippen molar-refractivity contribution >= 4 is 34.9 Å². The van der Waals surface area contributed by atoms with Crippen molar-refractivity contribution in [2.45, 2.75) is 6.92 Å². The molecule has 0 aliphatic carbocycles. The molecule has 0 aliphatic rings. The Kier molecular flexibility index (Phi) is 3.19. The number of aromatic nitrogens is 2. The van der Waals surface area contributed by atoms with Crippen molar-refractivity contribution in [2.75, 3.05) is 5.73 Å². The fraction of sp³-hybridized carbons (Fsp3) is 0.0909. The fourth-order valence-electron chi connectivity index (χ4n) is 1.57. The normalized spacial score (nSPS) is 10.6. The van der Waals surface area contributed by atoms with Gasteiger partial charge in [0.2, 0.25) is 0 Å². The van der Waals surface area contributed by atoms with Crippen molar-refractivity contribution in [2.24, 2.45) is 0 Å². The second-order valence-electron chi connectivity index (χ2n) is 3.71. The number of nitrogen functional groups attached to an aromatic ring is 1. The highest BCUT2D eigenvalue weighted by atomic mass is 35.5. The Morgan fingerprint density at radius 3 is 2.56 bits per heavy atom. The van der Waals surface area contributed by atoms with Gasteiger partial charge in [-0.25, -0.2) is 9.48 Å². The number of nitrogens with two attached hydrogens (primary N) is 1. The summed E-state index contributed by atoms with van der Waals surface area (Å²) in [6.07, 6.45) is 1.50. The molecule has 2 aromatic rings. The zero-order chi connectivity index (χ0) is 13.4. The molecule has 0 radical (unpaired) electrons. The highest BCUT2D eigenvalue weighted by Crippen LogP contribution is 2.29. The molecule has 0 spiro atoms. The molecule has 5 nitrogen and oxygen atoms in total. The van der Waals surface area contributed by atoms with Crippen molar-refractivity contribution in [3.63, 3.8) is 0 Å². The molecule has 0 atom stereocenters.